The van der Waals surface area contributed by atoms with Crippen molar-refractivity contribution in [1.29, 1.82) is 0 Å². The smallest absolute Gasteiger partial charge is 0.320 e. The summed E-state index contributed by atoms with van der Waals surface area (Å²) in [4.78, 5) is 13.3. The Labute approximate surface area is 107 Å². The molecule has 1 aromatic rings. The van der Waals surface area contributed by atoms with Crippen LogP contribution in [0.4, 0.5) is 5.69 Å². The summed E-state index contributed by atoms with van der Waals surface area (Å²) in [6, 6.07) is 5.55. The van der Waals surface area contributed by atoms with Crippen LogP contribution in [0.25, 0.3) is 0 Å². The van der Waals surface area contributed by atoms with Crippen LogP contribution in [0.5, 0.6) is 0 Å². The Balaban J connectivity index is 2.20. The Kier molecular flexibility index (Phi) is 3.87. The van der Waals surface area contributed by atoms with Crippen LogP contribution in [0.1, 0.15) is 30.9 Å². The van der Waals surface area contributed by atoms with Crippen LogP contribution in [0, 0.1) is 0 Å². The average molecular weight is 248 g/mol. The van der Waals surface area contributed by atoms with E-state index in [-0.39, 0.29) is 6.04 Å². The first kappa shape index (κ1) is 12.9. The molecule has 0 saturated heterocycles. The van der Waals surface area contributed by atoms with E-state index in [1.165, 1.54) is 5.56 Å². The summed E-state index contributed by atoms with van der Waals surface area (Å²) in [7, 11) is 0. The highest BCUT2D eigenvalue weighted by Crippen LogP contribution is 2.26. The molecule has 1 aliphatic rings. The molecule has 1 heterocycles. The highest BCUT2D eigenvalue weighted by molar-refractivity contribution is 5.73. The van der Waals surface area contributed by atoms with E-state index in [1.807, 2.05) is 24.0 Å². The molecule has 0 fully saturated rings. The van der Waals surface area contributed by atoms with Crippen molar-refractivity contribution in [3.63, 3.8) is 0 Å². The minimum Gasteiger partial charge on any atom is -0.480 e. The Bertz CT molecular complexity index is 445. The molecule has 1 atom stereocenters. The Hall–Kier alpha value is -1.55. The SMILES string of the molecule is CCCC(C(=O)O)N1CCc2cccc(N)c2C1. The number of nitrogens with two attached hydrogens (primary N) is 1. The molecule has 1 unspecified atom stereocenters. The van der Waals surface area contributed by atoms with Crippen molar-refractivity contribution < 1.29 is 9.90 Å². The van der Waals surface area contributed by atoms with E-state index in [1.54, 1.807) is 0 Å². The van der Waals surface area contributed by atoms with Crippen molar-refractivity contribution in [3.05, 3.63) is 29.3 Å². The van der Waals surface area contributed by atoms with Crippen LogP contribution in [-0.4, -0.2) is 28.6 Å². The number of rotatable bonds is 4. The third-order valence-corrected chi connectivity index (χ3v) is 3.63. The van der Waals surface area contributed by atoms with Gasteiger partial charge in [-0.15, -0.1) is 0 Å². The molecule has 18 heavy (non-hydrogen) atoms. The molecule has 3 N–H and O–H groups in total. The zero-order valence-electron chi connectivity index (χ0n) is 10.7. The van der Waals surface area contributed by atoms with Gasteiger partial charge in [0.05, 0.1) is 0 Å². The Morgan fingerprint density at radius 2 is 2.33 bits per heavy atom. The fourth-order valence-corrected chi connectivity index (χ4v) is 2.63. The third-order valence-electron chi connectivity index (χ3n) is 3.63. The minimum atomic E-state index is -0.727. The number of benzene rings is 1. The highest BCUT2D eigenvalue weighted by atomic mass is 16.4. The molecule has 98 valence electrons. The zero-order valence-corrected chi connectivity index (χ0v) is 10.7. The molecule has 0 spiro atoms. The topological polar surface area (TPSA) is 66.6 Å². The van der Waals surface area contributed by atoms with E-state index in [0.717, 1.165) is 30.6 Å². The largest absolute Gasteiger partial charge is 0.480 e. The molecular formula is C14H20N2O2. The number of nitrogen functional groups attached to an aromatic ring is 1. The van der Waals surface area contributed by atoms with Crippen LogP contribution < -0.4 is 5.73 Å². The Morgan fingerprint density at radius 3 is 3.00 bits per heavy atom. The molecule has 2 rings (SSSR count). The van der Waals surface area contributed by atoms with Gasteiger partial charge in [-0.3, -0.25) is 9.69 Å². The highest BCUT2D eigenvalue weighted by Gasteiger charge is 2.28. The number of anilines is 1. The average Bonchev–Trinajstić information content (AvgIpc) is 2.36. The van der Waals surface area contributed by atoms with Crippen molar-refractivity contribution in [3.8, 4) is 0 Å². The standard InChI is InChI=1S/C14H20N2O2/c1-2-4-13(14(17)18)16-8-7-10-5-3-6-12(15)11(10)9-16/h3,5-6,13H,2,4,7-9,15H2,1H3,(H,17,18). The van der Waals surface area contributed by atoms with Gasteiger partial charge in [0.1, 0.15) is 6.04 Å². The fourth-order valence-electron chi connectivity index (χ4n) is 2.63. The maximum Gasteiger partial charge on any atom is 0.320 e. The number of nitrogens with zero attached hydrogens (tertiary/aromatic N) is 1. The quantitative estimate of drug-likeness (QED) is 0.798. The molecule has 4 nitrogen and oxygen atoms in total. The number of carboxylic acid groups (broad SMARTS) is 1. The molecular weight excluding hydrogens is 228 g/mol. The summed E-state index contributed by atoms with van der Waals surface area (Å²) in [6.07, 6.45) is 2.45. The molecule has 0 aliphatic carbocycles. The third kappa shape index (κ3) is 2.48. The van der Waals surface area contributed by atoms with Crippen LogP contribution in [0.15, 0.2) is 18.2 Å². The zero-order chi connectivity index (χ0) is 13.1. The second-order valence-corrected chi connectivity index (χ2v) is 4.85. The van der Waals surface area contributed by atoms with Gasteiger partial charge in [0.15, 0.2) is 0 Å². The van der Waals surface area contributed by atoms with Gasteiger partial charge < -0.3 is 10.8 Å². The lowest BCUT2D eigenvalue weighted by Crippen LogP contribution is -2.44. The van der Waals surface area contributed by atoms with E-state index in [9.17, 15) is 9.90 Å². The molecule has 1 aromatic carbocycles. The summed E-state index contributed by atoms with van der Waals surface area (Å²) in [6.45, 7) is 3.47. The van der Waals surface area contributed by atoms with Crippen molar-refractivity contribution in [2.75, 3.05) is 12.3 Å². The Morgan fingerprint density at radius 1 is 1.56 bits per heavy atom. The first-order valence-electron chi connectivity index (χ1n) is 6.46. The van der Waals surface area contributed by atoms with Crippen molar-refractivity contribution >= 4 is 11.7 Å². The first-order valence-corrected chi connectivity index (χ1v) is 6.46. The normalized spacial score (nSPS) is 17.2. The molecule has 0 bridgehead atoms. The van der Waals surface area contributed by atoms with Gasteiger partial charge in [-0.1, -0.05) is 25.5 Å². The molecule has 4 heteroatoms. The van der Waals surface area contributed by atoms with Gasteiger partial charge in [0.25, 0.3) is 0 Å². The molecule has 0 radical (unpaired) electrons. The van der Waals surface area contributed by atoms with Gasteiger partial charge in [-0.05, 0) is 30.0 Å². The number of carbonyl (C=O) groups is 1. The van der Waals surface area contributed by atoms with Gasteiger partial charge in [-0.25, -0.2) is 0 Å². The number of carboxylic acids is 1. The summed E-state index contributed by atoms with van der Waals surface area (Å²) >= 11 is 0. The van der Waals surface area contributed by atoms with Crippen molar-refractivity contribution in [2.24, 2.45) is 0 Å². The van der Waals surface area contributed by atoms with Gasteiger partial charge in [0.2, 0.25) is 0 Å². The van der Waals surface area contributed by atoms with Gasteiger partial charge >= 0.3 is 5.97 Å². The second-order valence-electron chi connectivity index (χ2n) is 4.85. The van der Waals surface area contributed by atoms with Gasteiger partial charge in [-0.2, -0.15) is 0 Å². The second kappa shape index (κ2) is 5.40. The fraction of sp³-hybridized carbons (Fsp3) is 0.500. The van der Waals surface area contributed by atoms with Crippen molar-refractivity contribution in [1.82, 2.24) is 4.90 Å². The summed E-state index contributed by atoms with van der Waals surface area (Å²) in [5, 5.41) is 9.30. The predicted octanol–water partition coefficient (Wildman–Crippen LogP) is 1.88. The molecule has 0 aromatic heterocycles. The molecule has 0 saturated carbocycles. The first-order chi connectivity index (χ1) is 8.63. The summed E-state index contributed by atoms with van der Waals surface area (Å²) in [5.74, 6) is -0.727. The number of hydrogen-bond donors (Lipinski definition) is 2. The summed E-state index contributed by atoms with van der Waals surface area (Å²) < 4.78 is 0. The number of fused-ring (bicyclic) bond motifs is 1. The predicted molar refractivity (Wildman–Crippen MR) is 71.3 cm³/mol. The van der Waals surface area contributed by atoms with E-state index in [2.05, 4.69) is 6.07 Å². The van der Waals surface area contributed by atoms with Crippen LogP contribution >= 0.6 is 0 Å². The van der Waals surface area contributed by atoms with Gasteiger partial charge in [0, 0.05) is 18.8 Å². The van der Waals surface area contributed by atoms with Crippen LogP contribution in [0.2, 0.25) is 0 Å². The van der Waals surface area contributed by atoms with E-state index in [4.69, 9.17) is 5.73 Å². The van der Waals surface area contributed by atoms with Crippen molar-refractivity contribution in [2.45, 2.75) is 38.8 Å². The maximum absolute atomic E-state index is 11.3. The van der Waals surface area contributed by atoms with E-state index in [0.29, 0.717) is 13.0 Å². The molecule has 1 aliphatic heterocycles. The number of hydrogen-bond acceptors (Lipinski definition) is 3. The van der Waals surface area contributed by atoms with Crippen LogP contribution in [-0.2, 0) is 17.8 Å². The minimum absolute atomic E-state index is 0.386. The summed E-state index contributed by atoms with van der Waals surface area (Å²) in [5.41, 5.74) is 9.11. The van der Waals surface area contributed by atoms with Crippen LogP contribution in [0.3, 0.4) is 0 Å². The lowest BCUT2D eigenvalue weighted by atomic mass is 9.96. The van der Waals surface area contributed by atoms with E-state index >= 15 is 0 Å². The van der Waals surface area contributed by atoms with E-state index < -0.39 is 5.97 Å². The number of aliphatic carboxylic acids is 1. The maximum atomic E-state index is 11.3. The molecule has 0 amide bonds. The monoisotopic (exact) mass is 248 g/mol. The lowest BCUT2D eigenvalue weighted by molar-refractivity contribution is -0.144. The lowest BCUT2D eigenvalue weighted by Gasteiger charge is -2.33.